The first kappa shape index (κ1) is 16.0. The molecule has 0 spiro atoms. The summed E-state index contributed by atoms with van der Waals surface area (Å²) in [6, 6.07) is 3.99. The van der Waals surface area contributed by atoms with Gasteiger partial charge in [-0.3, -0.25) is 0 Å². The lowest BCUT2D eigenvalue weighted by Crippen LogP contribution is -2.42. The van der Waals surface area contributed by atoms with Crippen LogP contribution in [0, 0.1) is 11.6 Å². The molecule has 1 aromatic heterocycles. The number of rotatable bonds is 1. The normalized spacial score (nSPS) is 19.4. The second kappa shape index (κ2) is 6.18. The van der Waals surface area contributed by atoms with Crippen LogP contribution in [0.15, 0.2) is 12.1 Å². The summed E-state index contributed by atoms with van der Waals surface area (Å²) in [6.45, 7) is 8.44. The summed E-state index contributed by atoms with van der Waals surface area (Å²) in [7, 11) is 0. The molecule has 1 aliphatic rings. The molecule has 1 saturated heterocycles. The first-order chi connectivity index (χ1) is 9.78. The standard InChI is InChI=1S/C16H24N2O2S/c1-11-12(8-9-14(21)17-11)13-7-5-6-10-18(13)15(19)20-16(2,3)4/h8-9,13H,5-7,10H2,1-4H3,(H,17,21)/t13-/m1/s1. The van der Waals surface area contributed by atoms with E-state index in [1.165, 1.54) is 0 Å². The number of amides is 1. The Morgan fingerprint density at radius 3 is 2.71 bits per heavy atom. The second-order valence-electron chi connectivity index (χ2n) is 6.59. The summed E-state index contributed by atoms with van der Waals surface area (Å²) in [5.74, 6) is 0. The van der Waals surface area contributed by atoms with Crippen molar-refractivity contribution in [2.45, 2.75) is 58.6 Å². The number of carbonyl (C=O) groups is 1. The van der Waals surface area contributed by atoms with Crippen LogP contribution in [0.2, 0.25) is 0 Å². The number of likely N-dealkylation sites (tertiary alicyclic amines) is 1. The molecule has 116 valence electrons. The van der Waals surface area contributed by atoms with E-state index < -0.39 is 5.60 Å². The van der Waals surface area contributed by atoms with Crippen molar-refractivity contribution in [2.24, 2.45) is 0 Å². The van der Waals surface area contributed by atoms with Crippen molar-refractivity contribution in [3.05, 3.63) is 28.0 Å². The van der Waals surface area contributed by atoms with E-state index in [0.717, 1.165) is 41.7 Å². The average molecular weight is 308 g/mol. The first-order valence-electron chi connectivity index (χ1n) is 7.47. The number of aromatic nitrogens is 1. The van der Waals surface area contributed by atoms with Gasteiger partial charge in [0.25, 0.3) is 0 Å². The van der Waals surface area contributed by atoms with Gasteiger partial charge in [0.15, 0.2) is 0 Å². The van der Waals surface area contributed by atoms with Gasteiger partial charge < -0.3 is 14.6 Å². The fraction of sp³-hybridized carbons (Fsp3) is 0.625. The van der Waals surface area contributed by atoms with Crippen molar-refractivity contribution >= 4 is 18.3 Å². The van der Waals surface area contributed by atoms with Crippen LogP contribution in [0.5, 0.6) is 0 Å². The fourth-order valence-electron chi connectivity index (χ4n) is 2.74. The van der Waals surface area contributed by atoms with Gasteiger partial charge in [-0.25, -0.2) is 4.79 Å². The minimum atomic E-state index is -0.468. The number of pyridine rings is 1. The highest BCUT2D eigenvalue weighted by molar-refractivity contribution is 7.71. The number of hydrogen-bond acceptors (Lipinski definition) is 3. The fourth-order valence-corrected chi connectivity index (χ4v) is 2.97. The zero-order chi connectivity index (χ0) is 15.6. The van der Waals surface area contributed by atoms with E-state index >= 15 is 0 Å². The molecule has 0 aliphatic carbocycles. The van der Waals surface area contributed by atoms with Crippen LogP contribution in [0.4, 0.5) is 4.79 Å². The lowest BCUT2D eigenvalue weighted by molar-refractivity contribution is 0.00941. The van der Waals surface area contributed by atoms with E-state index in [-0.39, 0.29) is 12.1 Å². The number of nitrogens with one attached hydrogen (secondary N) is 1. The highest BCUT2D eigenvalue weighted by atomic mass is 32.1. The lowest BCUT2D eigenvalue weighted by atomic mass is 9.95. The molecule has 0 bridgehead atoms. The Morgan fingerprint density at radius 1 is 1.38 bits per heavy atom. The molecule has 0 aromatic carbocycles. The van der Waals surface area contributed by atoms with Gasteiger partial charge in [0.1, 0.15) is 10.2 Å². The maximum atomic E-state index is 12.4. The molecule has 1 amide bonds. The van der Waals surface area contributed by atoms with Crippen LogP contribution in [-0.2, 0) is 4.74 Å². The molecular weight excluding hydrogens is 284 g/mol. The quantitative estimate of drug-likeness (QED) is 0.776. The van der Waals surface area contributed by atoms with Crippen molar-refractivity contribution in [2.75, 3.05) is 6.54 Å². The minimum Gasteiger partial charge on any atom is -0.444 e. The maximum absolute atomic E-state index is 12.4. The predicted octanol–water partition coefficient (Wildman–Crippen LogP) is 4.51. The molecule has 0 unspecified atom stereocenters. The van der Waals surface area contributed by atoms with Crippen molar-refractivity contribution in [1.29, 1.82) is 0 Å². The Kier molecular flexibility index (Phi) is 4.71. The summed E-state index contributed by atoms with van der Waals surface area (Å²) in [5, 5.41) is 0. The van der Waals surface area contributed by atoms with Crippen LogP contribution >= 0.6 is 12.2 Å². The van der Waals surface area contributed by atoms with E-state index in [2.05, 4.69) is 4.98 Å². The van der Waals surface area contributed by atoms with Crippen LogP contribution in [0.3, 0.4) is 0 Å². The van der Waals surface area contributed by atoms with Crippen LogP contribution in [0.25, 0.3) is 0 Å². The Bertz CT molecular complexity index is 574. The molecule has 1 fully saturated rings. The minimum absolute atomic E-state index is 0.0699. The molecule has 0 saturated carbocycles. The second-order valence-corrected chi connectivity index (χ2v) is 7.03. The van der Waals surface area contributed by atoms with E-state index in [1.807, 2.05) is 44.7 Å². The monoisotopic (exact) mass is 308 g/mol. The summed E-state index contributed by atoms with van der Waals surface area (Å²) >= 11 is 5.15. The summed E-state index contributed by atoms with van der Waals surface area (Å²) in [5.41, 5.74) is 1.70. The van der Waals surface area contributed by atoms with Crippen molar-refractivity contribution in [3.8, 4) is 0 Å². The molecule has 21 heavy (non-hydrogen) atoms. The van der Waals surface area contributed by atoms with Crippen LogP contribution < -0.4 is 0 Å². The van der Waals surface area contributed by atoms with Crippen molar-refractivity contribution in [1.82, 2.24) is 9.88 Å². The number of ether oxygens (including phenoxy) is 1. The van der Waals surface area contributed by atoms with Crippen molar-refractivity contribution < 1.29 is 9.53 Å². The molecule has 1 aliphatic heterocycles. The van der Waals surface area contributed by atoms with E-state index in [9.17, 15) is 4.79 Å². The number of H-pyrrole nitrogens is 1. The van der Waals surface area contributed by atoms with Gasteiger partial charge in [0, 0.05) is 12.2 Å². The molecule has 2 heterocycles. The largest absolute Gasteiger partial charge is 0.444 e. The third-order valence-corrected chi connectivity index (χ3v) is 3.89. The molecule has 5 heteroatoms. The van der Waals surface area contributed by atoms with Crippen LogP contribution in [-0.4, -0.2) is 28.1 Å². The third-order valence-electron chi connectivity index (χ3n) is 3.65. The number of carbonyl (C=O) groups excluding carboxylic acids is 1. The number of hydrogen-bond donors (Lipinski definition) is 1. The molecule has 1 atom stereocenters. The molecule has 4 nitrogen and oxygen atoms in total. The van der Waals surface area contributed by atoms with Gasteiger partial charge in [-0.2, -0.15) is 0 Å². The first-order valence-corrected chi connectivity index (χ1v) is 7.88. The predicted molar refractivity (Wildman–Crippen MR) is 85.9 cm³/mol. The van der Waals surface area contributed by atoms with Gasteiger partial charge >= 0.3 is 6.09 Å². The molecule has 0 radical (unpaired) electrons. The van der Waals surface area contributed by atoms with E-state index in [0.29, 0.717) is 0 Å². The van der Waals surface area contributed by atoms with E-state index in [4.69, 9.17) is 17.0 Å². The van der Waals surface area contributed by atoms with Crippen LogP contribution in [0.1, 0.15) is 57.3 Å². The van der Waals surface area contributed by atoms with Crippen molar-refractivity contribution in [3.63, 3.8) is 0 Å². The van der Waals surface area contributed by atoms with E-state index in [1.54, 1.807) is 0 Å². The highest BCUT2D eigenvalue weighted by Crippen LogP contribution is 2.33. The number of nitrogens with zero attached hydrogens (tertiary/aromatic N) is 1. The molecule has 2 rings (SSSR count). The highest BCUT2D eigenvalue weighted by Gasteiger charge is 2.32. The van der Waals surface area contributed by atoms with Gasteiger partial charge in [0.05, 0.1) is 6.04 Å². The Labute approximate surface area is 131 Å². The van der Waals surface area contributed by atoms with Gasteiger partial charge in [-0.1, -0.05) is 18.3 Å². The number of aromatic amines is 1. The van der Waals surface area contributed by atoms with Gasteiger partial charge in [-0.05, 0) is 58.6 Å². The Hall–Kier alpha value is -1.36. The summed E-state index contributed by atoms with van der Waals surface area (Å²) < 4.78 is 6.27. The zero-order valence-electron chi connectivity index (χ0n) is 13.2. The zero-order valence-corrected chi connectivity index (χ0v) is 14.0. The topological polar surface area (TPSA) is 45.3 Å². The molecule has 1 aromatic rings. The third kappa shape index (κ3) is 4.06. The SMILES string of the molecule is Cc1[nH]c(=S)ccc1[C@H]1CCCCN1C(=O)OC(C)(C)C. The summed E-state index contributed by atoms with van der Waals surface area (Å²) in [4.78, 5) is 17.5. The molecular formula is C16H24N2O2S. The number of aryl methyl sites for hydroxylation is 1. The van der Waals surface area contributed by atoms with Gasteiger partial charge in [0.2, 0.25) is 0 Å². The van der Waals surface area contributed by atoms with Gasteiger partial charge in [-0.15, -0.1) is 0 Å². The maximum Gasteiger partial charge on any atom is 0.410 e. The average Bonchev–Trinajstić information content (AvgIpc) is 2.37. The number of piperidine rings is 1. The Morgan fingerprint density at radius 2 is 2.10 bits per heavy atom. The lowest BCUT2D eigenvalue weighted by Gasteiger charge is -2.37. The Balaban J connectivity index is 2.26. The smallest absolute Gasteiger partial charge is 0.410 e. The molecule has 1 N–H and O–H groups in total. The summed E-state index contributed by atoms with van der Waals surface area (Å²) in [6.07, 6.45) is 2.88.